The van der Waals surface area contributed by atoms with Crippen LogP contribution in [-0.2, 0) is 37.8 Å². The van der Waals surface area contributed by atoms with Crippen LogP contribution in [0.4, 0.5) is 0 Å². The molecule has 0 bridgehead atoms. The van der Waals surface area contributed by atoms with Crippen LogP contribution in [0.2, 0.25) is 0 Å². The summed E-state index contributed by atoms with van der Waals surface area (Å²) in [5.41, 5.74) is 0. The fourth-order valence-electron chi connectivity index (χ4n) is 3.75. The lowest BCUT2D eigenvalue weighted by Gasteiger charge is -2.33. The van der Waals surface area contributed by atoms with Gasteiger partial charge in [0.2, 0.25) is 5.91 Å². The predicted molar refractivity (Wildman–Crippen MR) is 133 cm³/mol. The SMILES string of the molecule is O=COCN1CCN(COC=O)CCN(CC(=O)NCCC(P(=O)(O)O)P(=O)(O)O)CCN(CC(=O)O)CC1. The monoisotopic (exact) mass is 605 g/mol. The van der Waals surface area contributed by atoms with Gasteiger partial charge < -0.3 is 39.5 Å². The van der Waals surface area contributed by atoms with Gasteiger partial charge in [0.15, 0.2) is 5.40 Å². The molecule has 0 radical (unpaired) electrons. The minimum Gasteiger partial charge on any atom is -0.480 e. The summed E-state index contributed by atoms with van der Waals surface area (Å²) in [5.74, 6) is -1.63. The first kappa shape index (κ1) is 35.0. The highest BCUT2D eigenvalue weighted by molar-refractivity contribution is 7.70. The van der Waals surface area contributed by atoms with Crippen molar-refractivity contribution in [1.82, 2.24) is 24.9 Å². The van der Waals surface area contributed by atoms with Crippen LogP contribution >= 0.6 is 15.2 Å². The molecule has 1 saturated heterocycles. The first-order valence-corrected chi connectivity index (χ1v) is 15.2. The summed E-state index contributed by atoms with van der Waals surface area (Å²) in [6.45, 7) is 2.29. The number of carboxylic acid groups (broad SMARTS) is 1. The number of aliphatic carboxylic acids is 1. The van der Waals surface area contributed by atoms with Crippen LogP contribution < -0.4 is 5.32 Å². The Kier molecular flexibility index (Phi) is 15.9. The van der Waals surface area contributed by atoms with Crippen molar-refractivity contribution in [2.24, 2.45) is 0 Å². The minimum absolute atomic E-state index is 0.00994. The van der Waals surface area contributed by atoms with Crippen molar-refractivity contribution in [3.05, 3.63) is 0 Å². The van der Waals surface area contributed by atoms with Crippen molar-refractivity contribution in [2.45, 2.75) is 11.8 Å². The van der Waals surface area contributed by atoms with Gasteiger partial charge in [0.1, 0.15) is 13.5 Å². The standard InChI is InChI=1S/C19H37N5O13P2/c25-15-36-13-23-7-5-21(11-17(27)20-2-1-19(38(30,31)32)39(33,34)35)3-4-22(12-18(28)29)6-8-24(10-9-23)14-37-16-26/h15-16,19H,1-14H2,(H,20,27)(H,28,29)(H2,30,31,32)(H2,33,34,35). The maximum atomic E-state index is 12.5. The topological polar surface area (TPSA) is 247 Å². The van der Waals surface area contributed by atoms with Gasteiger partial charge in [-0.3, -0.25) is 47.9 Å². The Morgan fingerprint density at radius 1 is 0.744 bits per heavy atom. The lowest BCUT2D eigenvalue weighted by molar-refractivity contribution is -0.139. The van der Waals surface area contributed by atoms with Gasteiger partial charge in [0.25, 0.3) is 12.9 Å². The van der Waals surface area contributed by atoms with Crippen molar-refractivity contribution < 1.29 is 62.5 Å². The molecule has 0 aromatic carbocycles. The molecule has 20 heteroatoms. The van der Waals surface area contributed by atoms with Gasteiger partial charge in [-0.2, -0.15) is 0 Å². The van der Waals surface area contributed by atoms with Gasteiger partial charge in [-0.25, -0.2) is 0 Å². The normalized spacial score (nSPS) is 18.1. The summed E-state index contributed by atoms with van der Waals surface area (Å²) in [6.07, 6.45) is -0.645. The molecule has 0 aromatic rings. The lowest BCUT2D eigenvalue weighted by atomic mass is 10.3. The summed E-state index contributed by atoms with van der Waals surface area (Å²) >= 11 is 0. The number of rotatable bonds is 15. The van der Waals surface area contributed by atoms with Gasteiger partial charge in [-0.05, 0) is 6.42 Å². The average molecular weight is 605 g/mol. The number of hydrogen-bond donors (Lipinski definition) is 6. The maximum absolute atomic E-state index is 12.5. The van der Waals surface area contributed by atoms with E-state index in [9.17, 15) is 53.0 Å². The number of hydrogen-bond acceptors (Lipinski definition) is 12. The van der Waals surface area contributed by atoms with E-state index < -0.39 is 45.4 Å². The van der Waals surface area contributed by atoms with Gasteiger partial charge in [0, 0.05) is 58.9 Å². The van der Waals surface area contributed by atoms with E-state index in [0.29, 0.717) is 45.7 Å². The molecule has 39 heavy (non-hydrogen) atoms. The van der Waals surface area contributed by atoms with Crippen LogP contribution in [-0.4, -0.2) is 160 Å². The Balaban J connectivity index is 2.89. The van der Waals surface area contributed by atoms with Crippen LogP contribution in [0, 0.1) is 0 Å². The summed E-state index contributed by atoms with van der Waals surface area (Å²) in [7, 11) is -10.2. The van der Waals surface area contributed by atoms with E-state index in [0.717, 1.165) is 0 Å². The van der Waals surface area contributed by atoms with Gasteiger partial charge in [0.05, 0.1) is 13.1 Å². The highest BCUT2D eigenvalue weighted by atomic mass is 31.2. The first-order chi connectivity index (χ1) is 18.3. The van der Waals surface area contributed by atoms with E-state index in [1.165, 1.54) is 0 Å². The summed E-state index contributed by atoms with van der Waals surface area (Å²) in [6, 6.07) is 0. The Bertz CT molecular complexity index is 864. The molecule has 1 fully saturated rings. The Morgan fingerprint density at radius 2 is 1.13 bits per heavy atom. The molecule has 0 aromatic heterocycles. The third-order valence-electron chi connectivity index (χ3n) is 5.81. The lowest BCUT2D eigenvalue weighted by Crippen LogP contribution is -2.49. The average Bonchev–Trinajstić information content (AvgIpc) is 2.82. The molecular weight excluding hydrogens is 568 g/mol. The molecule has 0 spiro atoms. The zero-order chi connectivity index (χ0) is 29.5. The summed E-state index contributed by atoms with van der Waals surface area (Å²) in [4.78, 5) is 89.0. The highest BCUT2D eigenvalue weighted by Gasteiger charge is 2.42. The third-order valence-corrected chi connectivity index (χ3v) is 9.68. The number of nitrogens with zero attached hydrogens (tertiary/aromatic N) is 4. The molecule has 0 aliphatic carbocycles. The zero-order valence-electron chi connectivity index (χ0n) is 21.3. The Morgan fingerprint density at radius 3 is 1.49 bits per heavy atom. The molecule has 0 saturated carbocycles. The van der Waals surface area contributed by atoms with Crippen LogP contribution in [0.5, 0.6) is 0 Å². The number of carbonyl (C=O) groups excluding carboxylic acids is 3. The van der Waals surface area contributed by atoms with Crippen molar-refractivity contribution in [2.75, 3.05) is 85.5 Å². The summed E-state index contributed by atoms with van der Waals surface area (Å²) < 4.78 is 32.5. The van der Waals surface area contributed by atoms with Crippen LogP contribution in [0.15, 0.2) is 0 Å². The van der Waals surface area contributed by atoms with Gasteiger partial charge in [-0.15, -0.1) is 0 Å². The molecule has 1 amide bonds. The molecule has 1 aliphatic heterocycles. The van der Waals surface area contributed by atoms with Crippen LogP contribution in [0.25, 0.3) is 0 Å². The number of amides is 1. The van der Waals surface area contributed by atoms with E-state index in [2.05, 4.69) is 5.32 Å². The molecule has 1 rings (SSSR count). The van der Waals surface area contributed by atoms with Gasteiger partial charge >= 0.3 is 21.2 Å². The van der Waals surface area contributed by atoms with Crippen molar-refractivity contribution in [1.29, 1.82) is 0 Å². The van der Waals surface area contributed by atoms with E-state index in [1.54, 1.807) is 19.6 Å². The van der Waals surface area contributed by atoms with E-state index in [4.69, 9.17) is 9.47 Å². The molecular formula is C19H37N5O13P2. The number of carboxylic acids is 1. The quantitative estimate of drug-likeness (QED) is 0.0792. The smallest absolute Gasteiger partial charge is 0.340 e. The van der Waals surface area contributed by atoms with E-state index in [-0.39, 0.29) is 46.2 Å². The second kappa shape index (κ2) is 17.7. The fraction of sp³-hybridized carbons (Fsp3) is 0.789. The molecule has 18 nitrogen and oxygen atoms in total. The van der Waals surface area contributed by atoms with Gasteiger partial charge in [-0.1, -0.05) is 0 Å². The molecule has 1 heterocycles. The van der Waals surface area contributed by atoms with Crippen molar-refractivity contribution >= 4 is 40.0 Å². The Labute approximate surface area is 225 Å². The predicted octanol–water partition coefficient (Wildman–Crippen LogP) is -3.26. The fourth-order valence-corrected chi connectivity index (χ4v) is 6.25. The largest absolute Gasteiger partial charge is 0.480 e. The molecule has 0 unspecified atom stereocenters. The van der Waals surface area contributed by atoms with E-state index >= 15 is 0 Å². The zero-order valence-corrected chi connectivity index (χ0v) is 23.1. The Hall–Kier alpha value is -1.98. The molecule has 1 aliphatic rings. The first-order valence-electron chi connectivity index (χ1n) is 11.8. The summed E-state index contributed by atoms with van der Waals surface area (Å²) in [5, 5.41) is 9.44. The molecule has 226 valence electrons. The molecule has 0 atom stereocenters. The second-order valence-electron chi connectivity index (χ2n) is 8.76. The number of carbonyl (C=O) groups is 4. The maximum Gasteiger partial charge on any atom is 0.340 e. The number of nitrogens with one attached hydrogen (secondary N) is 1. The minimum atomic E-state index is -5.11. The van der Waals surface area contributed by atoms with Crippen molar-refractivity contribution in [3.8, 4) is 0 Å². The van der Waals surface area contributed by atoms with Crippen molar-refractivity contribution in [3.63, 3.8) is 0 Å². The molecule has 6 N–H and O–H groups in total. The van der Waals surface area contributed by atoms with E-state index in [1.807, 2.05) is 0 Å². The highest BCUT2D eigenvalue weighted by Crippen LogP contribution is 2.61. The number of ether oxygens (including phenoxy) is 2. The second-order valence-corrected chi connectivity index (χ2v) is 12.8. The third kappa shape index (κ3) is 15.4. The van der Waals surface area contributed by atoms with Crippen LogP contribution in [0.3, 0.4) is 0 Å². The van der Waals surface area contributed by atoms with Crippen LogP contribution in [0.1, 0.15) is 6.42 Å².